The Morgan fingerprint density at radius 1 is 1.21 bits per heavy atom. The predicted octanol–water partition coefficient (Wildman–Crippen LogP) is 5.36. The van der Waals surface area contributed by atoms with Gasteiger partial charge in [-0.15, -0.1) is 12.3 Å². The number of rotatable bonds is 5. The van der Waals surface area contributed by atoms with Gasteiger partial charge in [-0.2, -0.15) is 9.97 Å². The van der Waals surface area contributed by atoms with E-state index in [1.54, 1.807) is 19.1 Å². The van der Waals surface area contributed by atoms with E-state index in [1.165, 1.54) is 18.2 Å². The number of aromatic hydroxyl groups is 1. The summed E-state index contributed by atoms with van der Waals surface area (Å²) in [6.07, 6.45) is 8.75. The van der Waals surface area contributed by atoms with Gasteiger partial charge in [0, 0.05) is 48.5 Å². The van der Waals surface area contributed by atoms with Gasteiger partial charge >= 0.3 is 11.6 Å². The maximum atomic E-state index is 15.1. The van der Waals surface area contributed by atoms with Crippen molar-refractivity contribution in [3.63, 3.8) is 0 Å². The van der Waals surface area contributed by atoms with E-state index in [1.807, 2.05) is 4.90 Å². The maximum Gasteiger partial charge on any atom is 0.349 e. The highest BCUT2D eigenvalue weighted by Gasteiger charge is 2.49. The van der Waals surface area contributed by atoms with E-state index < -0.39 is 23.2 Å². The smallest absolute Gasteiger partial charge is 0.349 e. The fourth-order valence-corrected chi connectivity index (χ4v) is 7.26. The lowest BCUT2D eigenvalue weighted by Crippen LogP contribution is -2.43. The number of ether oxygens (including phenoxy) is 1. The van der Waals surface area contributed by atoms with Crippen LogP contribution in [0.4, 0.5) is 14.6 Å². The number of anilines is 1. The third kappa shape index (κ3) is 4.67. The minimum Gasteiger partial charge on any atom is -0.508 e. The summed E-state index contributed by atoms with van der Waals surface area (Å²) in [6, 6.07) is 7.45. The third-order valence-corrected chi connectivity index (χ3v) is 9.31. The Balaban J connectivity index is 1.40. The summed E-state index contributed by atoms with van der Waals surface area (Å²) in [7, 11) is 0. The number of phenolic OH excluding ortho intramolecular Hbond substituents is 1. The number of terminal acetylenes is 1. The Kier molecular flexibility index (Phi) is 6.73. The van der Waals surface area contributed by atoms with Gasteiger partial charge in [-0.1, -0.05) is 12.1 Å². The van der Waals surface area contributed by atoms with Crippen LogP contribution in [-0.4, -0.2) is 64.5 Å². The highest BCUT2D eigenvalue weighted by molar-refractivity contribution is 6.00. The number of nitrogens with zero attached hydrogens (tertiary/aromatic N) is 4. The van der Waals surface area contributed by atoms with Crippen molar-refractivity contribution < 1.29 is 23.0 Å². The van der Waals surface area contributed by atoms with Gasteiger partial charge in [0.1, 0.15) is 35.5 Å². The molecule has 2 aromatic heterocycles. The largest absolute Gasteiger partial charge is 0.508 e. The quantitative estimate of drug-likeness (QED) is 0.313. The fraction of sp³-hybridized carbons (Fsp3) is 0.424. The van der Waals surface area contributed by atoms with Crippen LogP contribution in [0, 0.1) is 31.0 Å². The lowest BCUT2D eigenvalue weighted by atomic mass is 9.95. The van der Waals surface area contributed by atoms with Crippen LogP contribution in [0.3, 0.4) is 0 Å². The fourth-order valence-electron chi connectivity index (χ4n) is 7.26. The van der Waals surface area contributed by atoms with Gasteiger partial charge in [0.15, 0.2) is 5.82 Å². The molecule has 0 bridgehead atoms. The number of halogens is 2. The Morgan fingerprint density at radius 3 is 2.91 bits per heavy atom. The molecule has 4 aromatic rings. The number of phenols is 1. The highest BCUT2D eigenvalue weighted by atomic mass is 19.1. The van der Waals surface area contributed by atoms with Gasteiger partial charge in [0.25, 0.3) is 0 Å². The van der Waals surface area contributed by atoms with E-state index in [0.717, 1.165) is 32.2 Å². The molecular formula is C33H32F2N4O4. The molecule has 222 valence electrons. The summed E-state index contributed by atoms with van der Waals surface area (Å²) in [6.45, 7) is 4.32. The van der Waals surface area contributed by atoms with Crippen LogP contribution in [0.5, 0.6) is 11.8 Å². The summed E-state index contributed by atoms with van der Waals surface area (Å²) in [4.78, 5) is 27.3. The molecule has 3 atom stereocenters. The molecule has 7 rings (SSSR count). The molecule has 3 fully saturated rings. The molecule has 1 unspecified atom stereocenters. The molecule has 0 spiro atoms. The number of hydrogen-bond acceptors (Lipinski definition) is 8. The monoisotopic (exact) mass is 586 g/mol. The van der Waals surface area contributed by atoms with E-state index in [4.69, 9.17) is 25.5 Å². The van der Waals surface area contributed by atoms with E-state index in [2.05, 4.69) is 10.8 Å². The molecule has 0 amide bonds. The zero-order valence-electron chi connectivity index (χ0n) is 23.9. The molecule has 0 aliphatic carbocycles. The summed E-state index contributed by atoms with van der Waals surface area (Å²) >= 11 is 0. The number of fused-ring (bicyclic) bond motifs is 3. The van der Waals surface area contributed by atoms with Gasteiger partial charge in [-0.25, -0.2) is 13.6 Å². The van der Waals surface area contributed by atoms with Crippen molar-refractivity contribution in [2.75, 3.05) is 37.7 Å². The first-order valence-electron chi connectivity index (χ1n) is 14.8. The van der Waals surface area contributed by atoms with Crippen molar-refractivity contribution in [3.8, 4) is 35.4 Å². The lowest BCUT2D eigenvalue weighted by Gasteiger charge is -2.33. The number of alkyl halides is 1. The molecule has 3 aliphatic heterocycles. The van der Waals surface area contributed by atoms with Crippen LogP contribution in [0.1, 0.15) is 37.7 Å². The summed E-state index contributed by atoms with van der Waals surface area (Å²) in [5.41, 5.74) is -0.0973. The van der Waals surface area contributed by atoms with Gasteiger partial charge < -0.3 is 19.2 Å². The number of aromatic nitrogens is 2. The van der Waals surface area contributed by atoms with E-state index in [0.29, 0.717) is 48.3 Å². The highest BCUT2D eigenvalue weighted by Crippen LogP contribution is 2.41. The molecule has 0 saturated carbocycles. The molecule has 43 heavy (non-hydrogen) atoms. The lowest BCUT2D eigenvalue weighted by molar-refractivity contribution is 0.107. The van der Waals surface area contributed by atoms with Crippen molar-refractivity contribution in [1.82, 2.24) is 14.9 Å². The van der Waals surface area contributed by atoms with Gasteiger partial charge in [0.2, 0.25) is 0 Å². The Morgan fingerprint density at radius 2 is 2.07 bits per heavy atom. The second-order valence-electron chi connectivity index (χ2n) is 12.0. The van der Waals surface area contributed by atoms with Crippen molar-refractivity contribution in [3.05, 3.63) is 52.1 Å². The SMILES string of the molecule is C#CC1CCCN(c2nc(OC[C@@]34CCCN3C[C@H](F)C4)nc3c(C)c(-c4cc(O)cc5cccc(F)c45)oc(=O)c23)C1. The Hall–Kier alpha value is -4.23. The number of aryl methyl sites for hydroxylation is 1. The first-order chi connectivity index (χ1) is 20.8. The second-order valence-corrected chi connectivity index (χ2v) is 12.0. The molecular weight excluding hydrogens is 554 g/mol. The van der Waals surface area contributed by atoms with Gasteiger partial charge in [0.05, 0.1) is 11.1 Å². The van der Waals surface area contributed by atoms with Crippen LogP contribution in [0.2, 0.25) is 0 Å². The summed E-state index contributed by atoms with van der Waals surface area (Å²) < 4.78 is 41.7. The molecule has 2 aromatic carbocycles. The van der Waals surface area contributed by atoms with Gasteiger partial charge in [-0.3, -0.25) is 4.90 Å². The van der Waals surface area contributed by atoms with Crippen molar-refractivity contribution in [2.24, 2.45) is 5.92 Å². The van der Waals surface area contributed by atoms with E-state index in [-0.39, 0.29) is 46.4 Å². The Labute approximate surface area is 247 Å². The number of piperidine rings is 1. The van der Waals surface area contributed by atoms with Crippen molar-refractivity contribution in [2.45, 2.75) is 50.7 Å². The molecule has 8 nitrogen and oxygen atoms in total. The van der Waals surface area contributed by atoms with Crippen LogP contribution in [0.15, 0.2) is 39.5 Å². The number of benzene rings is 2. The zero-order valence-corrected chi connectivity index (χ0v) is 23.9. The standard InChI is InChI=1S/C33H32F2N4O4/c1-3-20-7-5-11-38(16-20)30-27-28(36-32(37-30)42-18-33-10-6-12-39(33)17-22(34)15-33)19(2)29(43-31(27)41)24-14-23(40)13-21-8-4-9-25(35)26(21)24/h1,4,8-9,13-14,20,22,40H,5-7,10-12,15-18H2,2H3/t20?,22-,33+/m1/s1. The average molecular weight is 587 g/mol. The molecule has 1 N–H and O–H groups in total. The molecule has 10 heteroatoms. The van der Waals surface area contributed by atoms with Crippen LogP contribution >= 0.6 is 0 Å². The van der Waals surface area contributed by atoms with Crippen LogP contribution in [0.25, 0.3) is 33.0 Å². The second kappa shape index (κ2) is 10.5. The van der Waals surface area contributed by atoms with Gasteiger partial charge in [-0.05, 0) is 62.7 Å². The van der Waals surface area contributed by atoms with Crippen molar-refractivity contribution >= 4 is 27.5 Å². The predicted molar refractivity (Wildman–Crippen MR) is 160 cm³/mol. The topological polar surface area (TPSA) is 91.9 Å². The van der Waals surface area contributed by atoms with E-state index >= 15 is 4.39 Å². The molecule has 5 heterocycles. The zero-order chi connectivity index (χ0) is 29.9. The Bertz CT molecular complexity index is 1850. The molecule has 3 aliphatic rings. The normalized spacial score (nSPS) is 24.0. The molecule has 0 radical (unpaired) electrons. The summed E-state index contributed by atoms with van der Waals surface area (Å²) in [5.74, 6) is 2.66. The maximum absolute atomic E-state index is 15.1. The van der Waals surface area contributed by atoms with E-state index in [9.17, 15) is 14.3 Å². The number of hydrogen-bond donors (Lipinski definition) is 1. The van der Waals surface area contributed by atoms with Crippen LogP contribution in [-0.2, 0) is 0 Å². The first kappa shape index (κ1) is 27.6. The molecule has 3 saturated heterocycles. The average Bonchev–Trinajstić information content (AvgIpc) is 3.52. The third-order valence-electron chi connectivity index (χ3n) is 9.31. The van der Waals surface area contributed by atoms with Crippen LogP contribution < -0.4 is 15.3 Å². The first-order valence-corrected chi connectivity index (χ1v) is 14.8. The summed E-state index contributed by atoms with van der Waals surface area (Å²) in [5, 5.41) is 11.3. The van der Waals surface area contributed by atoms with Crippen molar-refractivity contribution in [1.29, 1.82) is 0 Å². The minimum absolute atomic E-state index is 0.0110. The minimum atomic E-state index is -0.905.